The van der Waals surface area contributed by atoms with Gasteiger partial charge in [0.1, 0.15) is 12.4 Å². The van der Waals surface area contributed by atoms with Crippen molar-refractivity contribution in [1.82, 2.24) is 5.32 Å². The number of ether oxygens (including phenoxy) is 2. The number of benzene rings is 2. The molecule has 2 aromatic rings. The Morgan fingerprint density at radius 3 is 2.68 bits per heavy atom. The van der Waals surface area contributed by atoms with Gasteiger partial charge in [-0.3, -0.25) is 0 Å². The summed E-state index contributed by atoms with van der Waals surface area (Å²) in [5.74, 6) is 0.227. The maximum atomic E-state index is 11.9. The number of halogens is 1. The van der Waals surface area contributed by atoms with Gasteiger partial charge in [-0.05, 0) is 48.9 Å². The van der Waals surface area contributed by atoms with E-state index in [2.05, 4.69) is 15.4 Å². The largest absolute Gasteiger partial charge is 0.492 e. The van der Waals surface area contributed by atoms with E-state index in [4.69, 9.17) is 16.3 Å². The smallest absolute Gasteiger partial charge is 0.337 e. The molecular formula is C18H19ClN2O4. The van der Waals surface area contributed by atoms with Gasteiger partial charge in [0.2, 0.25) is 0 Å². The van der Waals surface area contributed by atoms with Crippen LogP contribution in [0.15, 0.2) is 42.5 Å². The number of rotatable bonds is 6. The standard InChI is InChI=1S/C18H19ClN2O4/c1-12-10-15(6-7-16(12)19)25-9-8-20-18(23)21-14-5-3-4-13(11-14)17(22)24-2/h3-7,10-11H,8-9H2,1-2H3,(H2,20,21,23). The maximum Gasteiger partial charge on any atom is 0.337 e. The van der Waals surface area contributed by atoms with E-state index >= 15 is 0 Å². The first kappa shape index (κ1) is 18.6. The zero-order valence-corrected chi connectivity index (χ0v) is 14.7. The fourth-order valence-corrected chi connectivity index (χ4v) is 2.18. The summed E-state index contributed by atoms with van der Waals surface area (Å²) in [6.45, 7) is 2.53. The van der Waals surface area contributed by atoms with E-state index in [9.17, 15) is 9.59 Å². The highest BCUT2D eigenvalue weighted by atomic mass is 35.5. The molecule has 0 heterocycles. The zero-order valence-electron chi connectivity index (χ0n) is 14.0. The molecule has 2 rings (SSSR count). The molecule has 132 valence electrons. The van der Waals surface area contributed by atoms with Crippen LogP contribution < -0.4 is 15.4 Å². The van der Waals surface area contributed by atoms with Gasteiger partial charge < -0.3 is 20.1 Å². The zero-order chi connectivity index (χ0) is 18.2. The second-order valence-corrected chi connectivity index (χ2v) is 5.62. The third-order valence-electron chi connectivity index (χ3n) is 3.33. The second kappa shape index (κ2) is 8.94. The molecule has 6 nitrogen and oxygen atoms in total. The Kier molecular flexibility index (Phi) is 6.65. The lowest BCUT2D eigenvalue weighted by molar-refractivity contribution is 0.0600. The number of aryl methyl sites for hydroxylation is 1. The molecule has 0 aliphatic rings. The number of urea groups is 1. The Balaban J connectivity index is 1.77. The molecule has 2 amide bonds. The van der Waals surface area contributed by atoms with Crippen LogP contribution in [0.4, 0.5) is 10.5 Å². The Morgan fingerprint density at radius 2 is 1.96 bits per heavy atom. The Bertz CT molecular complexity index is 764. The van der Waals surface area contributed by atoms with E-state index in [1.54, 1.807) is 36.4 Å². The first-order valence-electron chi connectivity index (χ1n) is 7.62. The summed E-state index contributed by atoms with van der Waals surface area (Å²) in [6.07, 6.45) is 0. The monoisotopic (exact) mass is 362 g/mol. The molecule has 25 heavy (non-hydrogen) atoms. The highest BCUT2D eigenvalue weighted by Crippen LogP contribution is 2.20. The van der Waals surface area contributed by atoms with E-state index in [0.29, 0.717) is 35.2 Å². The van der Waals surface area contributed by atoms with Crippen molar-refractivity contribution in [2.75, 3.05) is 25.6 Å². The predicted molar refractivity (Wildman–Crippen MR) is 96.5 cm³/mol. The SMILES string of the molecule is COC(=O)c1cccc(NC(=O)NCCOc2ccc(Cl)c(C)c2)c1. The number of nitrogens with one attached hydrogen (secondary N) is 2. The van der Waals surface area contributed by atoms with E-state index < -0.39 is 12.0 Å². The third kappa shape index (κ3) is 5.69. The van der Waals surface area contributed by atoms with Crippen LogP contribution in [0.25, 0.3) is 0 Å². The van der Waals surface area contributed by atoms with Gasteiger partial charge in [0.25, 0.3) is 0 Å². The molecule has 0 unspecified atom stereocenters. The number of carbonyl (C=O) groups excluding carboxylic acids is 2. The van der Waals surface area contributed by atoms with E-state index in [0.717, 1.165) is 5.56 Å². The minimum Gasteiger partial charge on any atom is -0.492 e. The van der Waals surface area contributed by atoms with Crippen molar-refractivity contribution in [2.24, 2.45) is 0 Å². The van der Waals surface area contributed by atoms with Crippen LogP contribution in [0.1, 0.15) is 15.9 Å². The Labute approximate surface area is 151 Å². The van der Waals surface area contributed by atoms with Crippen molar-refractivity contribution >= 4 is 29.3 Å². The van der Waals surface area contributed by atoms with E-state index in [-0.39, 0.29) is 0 Å². The van der Waals surface area contributed by atoms with Crippen LogP contribution in [-0.4, -0.2) is 32.3 Å². The van der Waals surface area contributed by atoms with Crippen LogP contribution in [0.2, 0.25) is 5.02 Å². The lowest BCUT2D eigenvalue weighted by Gasteiger charge is -2.10. The summed E-state index contributed by atoms with van der Waals surface area (Å²) in [5, 5.41) is 6.00. The van der Waals surface area contributed by atoms with Crippen LogP contribution >= 0.6 is 11.6 Å². The van der Waals surface area contributed by atoms with Gasteiger partial charge in [-0.1, -0.05) is 17.7 Å². The molecule has 0 atom stereocenters. The predicted octanol–water partition coefficient (Wildman–Crippen LogP) is 3.64. The van der Waals surface area contributed by atoms with Gasteiger partial charge in [0, 0.05) is 10.7 Å². The van der Waals surface area contributed by atoms with Crippen molar-refractivity contribution in [1.29, 1.82) is 0 Å². The molecule has 0 bridgehead atoms. The first-order chi connectivity index (χ1) is 12.0. The number of hydrogen-bond donors (Lipinski definition) is 2. The first-order valence-corrected chi connectivity index (χ1v) is 7.99. The molecule has 7 heteroatoms. The summed E-state index contributed by atoms with van der Waals surface area (Å²) in [4.78, 5) is 23.3. The average Bonchev–Trinajstić information content (AvgIpc) is 2.61. The fourth-order valence-electron chi connectivity index (χ4n) is 2.06. The highest BCUT2D eigenvalue weighted by Gasteiger charge is 2.07. The van der Waals surface area contributed by atoms with Crippen molar-refractivity contribution in [3.05, 3.63) is 58.6 Å². The molecular weight excluding hydrogens is 344 g/mol. The number of hydrogen-bond acceptors (Lipinski definition) is 4. The Morgan fingerprint density at radius 1 is 1.16 bits per heavy atom. The van der Waals surface area contributed by atoms with Crippen molar-refractivity contribution in [3.8, 4) is 5.75 Å². The highest BCUT2D eigenvalue weighted by molar-refractivity contribution is 6.31. The van der Waals surface area contributed by atoms with Gasteiger partial charge in [-0.2, -0.15) is 0 Å². The van der Waals surface area contributed by atoms with Crippen molar-refractivity contribution in [3.63, 3.8) is 0 Å². The van der Waals surface area contributed by atoms with Gasteiger partial charge in [0.05, 0.1) is 19.2 Å². The third-order valence-corrected chi connectivity index (χ3v) is 3.75. The van der Waals surface area contributed by atoms with Gasteiger partial charge in [0.15, 0.2) is 0 Å². The molecule has 0 spiro atoms. The molecule has 0 aliphatic heterocycles. The van der Waals surface area contributed by atoms with Gasteiger partial charge >= 0.3 is 12.0 Å². The minimum atomic E-state index is -0.462. The topological polar surface area (TPSA) is 76.7 Å². The lowest BCUT2D eigenvalue weighted by atomic mass is 10.2. The maximum absolute atomic E-state index is 11.9. The summed E-state index contributed by atoms with van der Waals surface area (Å²) < 4.78 is 10.2. The van der Waals surface area contributed by atoms with Crippen LogP contribution in [0.5, 0.6) is 5.75 Å². The summed E-state index contributed by atoms with van der Waals surface area (Å²) in [7, 11) is 1.30. The van der Waals surface area contributed by atoms with Crippen LogP contribution in [0.3, 0.4) is 0 Å². The molecule has 2 N–H and O–H groups in total. The van der Waals surface area contributed by atoms with E-state index in [1.807, 2.05) is 13.0 Å². The summed E-state index contributed by atoms with van der Waals surface area (Å²) >= 11 is 5.95. The number of carbonyl (C=O) groups is 2. The molecule has 2 aromatic carbocycles. The lowest BCUT2D eigenvalue weighted by Crippen LogP contribution is -2.32. The average molecular weight is 363 g/mol. The number of amides is 2. The molecule has 0 saturated carbocycles. The number of esters is 1. The molecule has 0 aliphatic carbocycles. The summed E-state index contributed by atoms with van der Waals surface area (Å²) in [6, 6.07) is 11.5. The molecule has 0 aromatic heterocycles. The Hall–Kier alpha value is -2.73. The van der Waals surface area contributed by atoms with Gasteiger partial charge in [-0.25, -0.2) is 9.59 Å². The van der Waals surface area contributed by atoms with Crippen molar-refractivity contribution in [2.45, 2.75) is 6.92 Å². The van der Waals surface area contributed by atoms with E-state index in [1.165, 1.54) is 7.11 Å². The molecule has 0 fully saturated rings. The number of methoxy groups -OCH3 is 1. The van der Waals surface area contributed by atoms with Crippen LogP contribution in [0, 0.1) is 6.92 Å². The number of anilines is 1. The quantitative estimate of drug-likeness (QED) is 0.607. The normalized spacial score (nSPS) is 10.0. The van der Waals surface area contributed by atoms with Crippen LogP contribution in [-0.2, 0) is 4.74 Å². The van der Waals surface area contributed by atoms with Gasteiger partial charge in [-0.15, -0.1) is 0 Å². The molecule has 0 radical (unpaired) electrons. The minimum absolute atomic E-state index is 0.316. The summed E-state index contributed by atoms with van der Waals surface area (Å²) in [5.41, 5.74) is 1.78. The fraction of sp³-hybridized carbons (Fsp3) is 0.222. The van der Waals surface area contributed by atoms with Crippen molar-refractivity contribution < 1.29 is 19.1 Å². The molecule has 0 saturated heterocycles. The second-order valence-electron chi connectivity index (χ2n) is 5.21.